The molecule has 1 aliphatic rings. The van der Waals surface area contributed by atoms with Crippen LogP contribution >= 0.6 is 0 Å². The Labute approximate surface area is 244 Å². The van der Waals surface area contributed by atoms with E-state index in [1.807, 2.05) is 0 Å². The number of carbonyl (C=O) groups excluding carboxylic acids is 4. The second-order valence-corrected chi connectivity index (χ2v) is 11.2. The standard InChI is InChI=1S/C33H47N3O5/c1-3-4-5-6-7-8-9-10-11-12-13-14-15-16-17-18-29(37)25-19-20-27-28(23-25)32(39)36(31(27)38)22-21-26-24-34-35-30(26)33(40)41-2/h19-20,23-24H,3-18,21-22H2,1-2H3,(H,34,35). The molecule has 1 aliphatic heterocycles. The highest BCUT2D eigenvalue weighted by molar-refractivity contribution is 6.22. The van der Waals surface area contributed by atoms with Crippen LogP contribution in [0.15, 0.2) is 24.4 Å². The van der Waals surface area contributed by atoms with Crippen LogP contribution in [-0.4, -0.2) is 52.3 Å². The Kier molecular flexibility index (Phi) is 13.8. The Bertz CT molecular complexity index is 1160. The summed E-state index contributed by atoms with van der Waals surface area (Å²) >= 11 is 0. The second-order valence-electron chi connectivity index (χ2n) is 11.2. The van der Waals surface area contributed by atoms with E-state index in [1.165, 1.54) is 90.4 Å². The highest BCUT2D eigenvalue weighted by atomic mass is 16.5. The highest BCUT2D eigenvalue weighted by Crippen LogP contribution is 2.25. The number of H-pyrrole nitrogens is 1. The van der Waals surface area contributed by atoms with Gasteiger partial charge in [-0.1, -0.05) is 103 Å². The zero-order valence-electron chi connectivity index (χ0n) is 25.0. The quantitative estimate of drug-likeness (QED) is 0.0727. The number of nitrogens with one attached hydrogen (secondary N) is 1. The maximum atomic E-state index is 13.0. The number of esters is 1. The Balaban J connectivity index is 1.32. The summed E-state index contributed by atoms with van der Waals surface area (Å²) in [5, 5.41) is 6.45. The number of ether oxygens (including phenoxy) is 1. The molecule has 0 bridgehead atoms. The number of hydrogen-bond donors (Lipinski definition) is 1. The lowest BCUT2D eigenvalue weighted by atomic mass is 9.99. The summed E-state index contributed by atoms with van der Waals surface area (Å²) in [4.78, 5) is 51.7. The van der Waals surface area contributed by atoms with E-state index in [9.17, 15) is 19.2 Å². The number of carbonyl (C=O) groups is 4. The molecule has 8 nitrogen and oxygen atoms in total. The Morgan fingerprint density at radius 2 is 1.37 bits per heavy atom. The number of aromatic amines is 1. The molecule has 1 aromatic heterocycles. The average molecular weight is 566 g/mol. The number of nitrogens with zero attached hydrogens (tertiary/aromatic N) is 2. The molecule has 0 saturated carbocycles. The van der Waals surface area contributed by atoms with Gasteiger partial charge in [-0.3, -0.25) is 24.4 Å². The van der Waals surface area contributed by atoms with Gasteiger partial charge in [0.25, 0.3) is 11.8 Å². The van der Waals surface area contributed by atoms with Gasteiger partial charge in [-0.25, -0.2) is 4.79 Å². The first-order valence-electron chi connectivity index (χ1n) is 15.6. The van der Waals surface area contributed by atoms with Crippen LogP contribution in [0.3, 0.4) is 0 Å². The van der Waals surface area contributed by atoms with Crippen molar-refractivity contribution in [3.05, 3.63) is 52.3 Å². The first kappa shape index (κ1) is 32.2. The second kappa shape index (κ2) is 17.5. The van der Waals surface area contributed by atoms with Gasteiger partial charge >= 0.3 is 5.97 Å². The van der Waals surface area contributed by atoms with E-state index in [4.69, 9.17) is 4.74 Å². The van der Waals surface area contributed by atoms with Crippen LogP contribution in [0.5, 0.6) is 0 Å². The molecule has 0 aliphatic carbocycles. The molecule has 0 atom stereocenters. The van der Waals surface area contributed by atoms with E-state index in [-0.39, 0.29) is 30.0 Å². The molecular formula is C33H47N3O5. The van der Waals surface area contributed by atoms with Crippen molar-refractivity contribution in [2.45, 2.75) is 116 Å². The van der Waals surface area contributed by atoms with E-state index in [2.05, 4.69) is 17.1 Å². The molecule has 3 rings (SSSR count). The monoisotopic (exact) mass is 565 g/mol. The van der Waals surface area contributed by atoms with E-state index >= 15 is 0 Å². The number of unbranched alkanes of at least 4 members (excludes halogenated alkanes) is 14. The minimum Gasteiger partial charge on any atom is -0.464 e. The van der Waals surface area contributed by atoms with Gasteiger partial charge in [0.1, 0.15) is 5.69 Å². The summed E-state index contributed by atoms with van der Waals surface area (Å²) in [5.41, 5.74) is 1.81. The van der Waals surface area contributed by atoms with Crippen molar-refractivity contribution in [2.75, 3.05) is 13.7 Å². The van der Waals surface area contributed by atoms with Gasteiger partial charge in [-0.2, -0.15) is 5.10 Å². The third-order valence-corrected chi connectivity index (χ3v) is 8.01. The van der Waals surface area contributed by atoms with Crippen molar-refractivity contribution in [3.8, 4) is 0 Å². The lowest BCUT2D eigenvalue weighted by Crippen LogP contribution is -2.32. The van der Waals surface area contributed by atoms with Crippen LogP contribution in [-0.2, 0) is 11.2 Å². The SMILES string of the molecule is CCCCCCCCCCCCCCCCCC(=O)c1ccc2c(c1)C(=O)N(CCc1cn[nH]c1C(=O)OC)C2=O. The lowest BCUT2D eigenvalue weighted by Gasteiger charge is -2.13. The number of aromatic nitrogens is 2. The van der Waals surface area contributed by atoms with Crippen molar-refractivity contribution in [1.82, 2.24) is 15.1 Å². The fourth-order valence-corrected chi connectivity index (χ4v) is 5.48. The van der Waals surface area contributed by atoms with Crippen LogP contribution in [0.4, 0.5) is 0 Å². The maximum absolute atomic E-state index is 13.0. The van der Waals surface area contributed by atoms with Crippen molar-refractivity contribution < 1.29 is 23.9 Å². The number of amides is 2. The Morgan fingerprint density at radius 1 is 0.805 bits per heavy atom. The number of hydrogen-bond acceptors (Lipinski definition) is 6. The van der Waals surface area contributed by atoms with Gasteiger partial charge in [0.2, 0.25) is 0 Å². The molecule has 2 amide bonds. The van der Waals surface area contributed by atoms with Crippen LogP contribution in [0, 0.1) is 0 Å². The van der Waals surface area contributed by atoms with E-state index in [1.54, 1.807) is 18.2 Å². The predicted molar refractivity (Wildman–Crippen MR) is 159 cm³/mol. The molecule has 41 heavy (non-hydrogen) atoms. The number of methoxy groups -OCH3 is 1. The summed E-state index contributed by atoms with van der Waals surface area (Å²) in [6.07, 6.45) is 21.3. The summed E-state index contributed by atoms with van der Waals surface area (Å²) in [7, 11) is 1.27. The molecule has 0 fully saturated rings. The lowest BCUT2D eigenvalue weighted by molar-refractivity contribution is 0.0592. The molecular weight excluding hydrogens is 518 g/mol. The number of ketones is 1. The van der Waals surface area contributed by atoms with Gasteiger partial charge in [-0.15, -0.1) is 0 Å². The minimum atomic E-state index is -0.558. The number of benzene rings is 1. The smallest absolute Gasteiger partial charge is 0.356 e. The number of Topliss-reactive ketones (excluding diaryl/α,β-unsaturated/α-hetero) is 1. The summed E-state index contributed by atoms with van der Waals surface area (Å²) in [5.74, 6) is -1.37. The van der Waals surface area contributed by atoms with Crippen LogP contribution < -0.4 is 0 Å². The van der Waals surface area contributed by atoms with Gasteiger partial charge in [0.05, 0.1) is 24.4 Å². The fraction of sp³-hybridized carbons (Fsp3) is 0.606. The van der Waals surface area contributed by atoms with Gasteiger partial charge < -0.3 is 4.74 Å². The van der Waals surface area contributed by atoms with E-state index in [0.29, 0.717) is 23.1 Å². The maximum Gasteiger partial charge on any atom is 0.356 e. The normalized spacial score (nSPS) is 12.7. The van der Waals surface area contributed by atoms with E-state index in [0.717, 1.165) is 24.2 Å². The zero-order chi connectivity index (χ0) is 29.5. The number of imide groups is 1. The van der Waals surface area contributed by atoms with Crippen molar-refractivity contribution in [3.63, 3.8) is 0 Å². The predicted octanol–water partition coefficient (Wildman–Crippen LogP) is 7.48. The van der Waals surface area contributed by atoms with Crippen LogP contribution in [0.2, 0.25) is 0 Å². The molecule has 0 saturated heterocycles. The van der Waals surface area contributed by atoms with Crippen molar-refractivity contribution >= 4 is 23.6 Å². The largest absolute Gasteiger partial charge is 0.464 e. The third kappa shape index (κ3) is 9.65. The molecule has 1 N–H and O–H groups in total. The minimum absolute atomic E-state index is 0.00214. The molecule has 224 valence electrons. The van der Waals surface area contributed by atoms with Crippen LogP contribution in [0.1, 0.15) is 157 Å². The van der Waals surface area contributed by atoms with Crippen molar-refractivity contribution in [1.29, 1.82) is 0 Å². The van der Waals surface area contributed by atoms with Crippen molar-refractivity contribution in [2.24, 2.45) is 0 Å². The van der Waals surface area contributed by atoms with Gasteiger partial charge in [0.15, 0.2) is 5.78 Å². The number of fused-ring (bicyclic) bond motifs is 1. The summed E-state index contributed by atoms with van der Waals surface area (Å²) in [6, 6.07) is 4.78. The Morgan fingerprint density at radius 3 is 1.95 bits per heavy atom. The topological polar surface area (TPSA) is 109 Å². The fourth-order valence-electron chi connectivity index (χ4n) is 5.48. The molecule has 1 aromatic carbocycles. The highest BCUT2D eigenvalue weighted by Gasteiger charge is 2.36. The van der Waals surface area contributed by atoms with Gasteiger partial charge in [0, 0.05) is 24.1 Å². The first-order chi connectivity index (χ1) is 20.0. The molecule has 8 heteroatoms. The summed E-state index contributed by atoms with van der Waals surface area (Å²) < 4.78 is 4.73. The number of rotatable bonds is 21. The van der Waals surface area contributed by atoms with E-state index < -0.39 is 17.8 Å². The molecule has 0 radical (unpaired) electrons. The first-order valence-corrected chi connectivity index (χ1v) is 15.6. The summed E-state index contributed by atoms with van der Waals surface area (Å²) in [6.45, 7) is 2.36. The molecule has 0 spiro atoms. The van der Waals surface area contributed by atoms with Crippen LogP contribution in [0.25, 0.3) is 0 Å². The zero-order valence-corrected chi connectivity index (χ0v) is 25.0. The Hall–Kier alpha value is -3.29. The van der Waals surface area contributed by atoms with Gasteiger partial charge in [-0.05, 0) is 25.0 Å². The third-order valence-electron chi connectivity index (χ3n) is 8.01. The molecule has 2 heterocycles. The molecule has 2 aromatic rings. The molecule has 0 unspecified atom stereocenters. The average Bonchev–Trinajstić information content (AvgIpc) is 3.55.